The van der Waals surface area contributed by atoms with E-state index in [1.807, 2.05) is 0 Å². The summed E-state index contributed by atoms with van der Waals surface area (Å²) in [5.74, 6) is -5.67. The molecule has 0 amide bonds. The van der Waals surface area contributed by atoms with Gasteiger partial charge in [0.2, 0.25) is 0 Å². The highest BCUT2D eigenvalue weighted by Crippen LogP contribution is 2.34. The molecular formula is C21H25FN2O2S. The van der Waals surface area contributed by atoms with E-state index < -0.39 is 74.7 Å². The molecule has 3 unspecified atom stereocenters. The van der Waals surface area contributed by atoms with Crippen LogP contribution in [0.4, 0.5) is 4.39 Å². The van der Waals surface area contributed by atoms with Crippen molar-refractivity contribution in [2.45, 2.75) is 44.4 Å². The molecule has 2 bridgehead atoms. The number of hydrogen-bond acceptors (Lipinski definition) is 5. The number of carbonyl (C=O) groups excluding carboxylic acids is 1. The van der Waals surface area contributed by atoms with Crippen LogP contribution in [-0.2, 0) is 14.9 Å². The Morgan fingerprint density at radius 3 is 3.11 bits per heavy atom. The molecule has 0 radical (unpaired) electrons. The van der Waals surface area contributed by atoms with Crippen LogP contribution in [0.15, 0.2) is 29.6 Å². The summed E-state index contributed by atoms with van der Waals surface area (Å²) in [6.07, 6.45) is -11.3. The molecular weight excluding hydrogens is 363 g/mol. The number of benzene rings is 1. The quantitative estimate of drug-likeness (QED) is 0.702. The van der Waals surface area contributed by atoms with Crippen molar-refractivity contribution in [3.8, 4) is 10.6 Å². The molecule has 1 aromatic heterocycles. The van der Waals surface area contributed by atoms with Gasteiger partial charge in [-0.05, 0) is 55.9 Å². The normalized spacial score (nSPS) is 47.0. The van der Waals surface area contributed by atoms with Gasteiger partial charge in [-0.25, -0.2) is 9.37 Å². The van der Waals surface area contributed by atoms with E-state index in [-0.39, 0.29) is 10.6 Å². The molecule has 5 rings (SSSR count). The van der Waals surface area contributed by atoms with Crippen LogP contribution in [-0.4, -0.2) is 41.5 Å². The fourth-order valence-corrected chi connectivity index (χ4v) is 3.56. The SMILES string of the molecule is [2H]C([2H])([2H])C(C)(CC(=O)O[C@]1([2H])C([2H])([2H])N2CC([2H])([2H])C1([2H])C([2H])([2H])C2([2H])[2H])c1csc(-c2ccc(F)cc2)n1. The molecule has 4 atom stereocenters. The van der Waals surface area contributed by atoms with Crippen molar-refractivity contribution in [2.75, 3.05) is 19.5 Å². The van der Waals surface area contributed by atoms with Crippen molar-refractivity contribution in [1.29, 1.82) is 0 Å². The van der Waals surface area contributed by atoms with Crippen LogP contribution in [0.5, 0.6) is 0 Å². The first-order valence-corrected chi connectivity index (χ1v) is 9.00. The van der Waals surface area contributed by atoms with Crippen LogP contribution in [0.3, 0.4) is 0 Å². The average Bonchev–Trinajstić information content (AvgIpc) is 3.30. The Labute approximate surface area is 181 Å². The van der Waals surface area contributed by atoms with Crippen LogP contribution in [0.25, 0.3) is 10.6 Å². The highest BCUT2D eigenvalue weighted by Gasteiger charge is 2.37. The number of fused-ring (bicyclic) bond motifs is 3. The summed E-state index contributed by atoms with van der Waals surface area (Å²) in [6.45, 7) is -9.53. The minimum absolute atomic E-state index is 0.0922. The van der Waals surface area contributed by atoms with Crippen LogP contribution < -0.4 is 0 Å². The van der Waals surface area contributed by atoms with Gasteiger partial charge in [-0.3, -0.25) is 9.69 Å². The zero-order chi connectivity index (χ0) is 30.5. The van der Waals surface area contributed by atoms with Gasteiger partial charge >= 0.3 is 5.97 Å². The molecule has 3 saturated heterocycles. The first-order chi connectivity index (χ1) is 17.9. The lowest BCUT2D eigenvalue weighted by molar-refractivity contribution is -0.160. The Bertz CT molecular complexity index is 1330. The number of halogens is 1. The van der Waals surface area contributed by atoms with Crippen LogP contribution in [0.2, 0.25) is 0 Å². The second kappa shape index (κ2) is 7.32. The second-order valence-electron chi connectivity index (χ2n) is 6.34. The van der Waals surface area contributed by atoms with E-state index in [9.17, 15) is 9.18 Å². The summed E-state index contributed by atoms with van der Waals surface area (Å²) in [6, 6.07) is 5.21. The van der Waals surface area contributed by atoms with Gasteiger partial charge in [0.05, 0.1) is 13.5 Å². The molecule has 0 spiro atoms. The summed E-state index contributed by atoms with van der Waals surface area (Å²) in [5, 5.41) is 1.67. The predicted octanol–water partition coefficient (Wildman–Crippen LogP) is 4.25. The van der Waals surface area contributed by atoms with E-state index in [0.717, 1.165) is 18.3 Å². The van der Waals surface area contributed by atoms with Gasteiger partial charge in [-0.1, -0.05) is 13.8 Å². The Kier molecular flexibility index (Phi) is 2.36. The Morgan fingerprint density at radius 1 is 1.52 bits per heavy atom. The maximum atomic E-state index is 13.3. The zero-order valence-electron chi connectivity index (χ0n) is 27.3. The molecule has 0 aliphatic carbocycles. The summed E-state index contributed by atoms with van der Waals surface area (Å²) in [5.41, 5.74) is -1.74. The molecule has 27 heavy (non-hydrogen) atoms. The van der Waals surface area contributed by atoms with Crippen LogP contribution in [0, 0.1) is 11.7 Å². The standard InChI is InChI=1S/C21H25FN2O2S/c1-21(2,11-19(25)26-17-12-24-9-7-14(17)8-10-24)18-13-27-20(23-18)15-3-5-16(22)6-4-15/h3-6,13-14,17H,7-12H2,1-2H3/t17-/m1/s1/i1D3,7D2,8D2,9D2,12D2,14D,17D/t14?,17-,21?. The largest absolute Gasteiger partial charge is 0.461 e. The predicted molar refractivity (Wildman–Crippen MR) is 104 cm³/mol. The minimum Gasteiger partial charge on any atom is -0.461 e. The van der Waals surface area contributed by atoms with E-state index in [2.05, 4.69) is 4.98 Å². The highest BCUT2D eigenvalue weighted by molar-refractivity contribution is 7.13. The lowest BCUT2D eigenvalue weighted by Crippen LogP contribution is -2.52. The van der Waals surface area contributed by atoms with Crippen molar-refractivity contribution in [3.63, 3.8) is 0 Å². The number of carbonyl (C=O) groups is 1. The van der Waals surface area contributed by atoms with Crippen LogP contribution >= 0.6 is 11.3 Å². The van der Waals surface area contributed by atoms with Crippen molar-refractivity contribution in [2.24, 2.45) is 5.89 Å². The van der Waals surface area contributed by atoms with Gasteiger partial charge in [0.25, 0.3) is 0 Å². The van der Waals surface area contributed by atoms with Gasteiger partial charge < -0.3 is 4.74 Å². The number of rotatable bonds is 5. The van der Waals surface area contributed by atoms with Crippen molar-refractivity contribution in [1.82, 2.24) is 9.88 Å². The van der Waals surface area contributed by atoms with Gasteiger partial charge in [0.15, 0.2) is 0 Å². The van der Waals surface area contributed by atoms with E-state index in [0.29, 0.717) is 10.6 Å². The zero-order valence-corrected chi connectivity index (χ0v) is 15.1. The Hall–Kier alpha value is -1.79. The number of ether oxygens (including phenoxy) is 1. The molecule has 1 aromatic carbocycles. The lowest BCUT2D eigenvalue weighted by Gasteiger charge is -2.44. The molecule has 3 aliphatic rings. The third kappa shape index (κ3) is 4.06. The molecule has 0 saturated carbocycles. The number of thiazole rings is 1. The maximum absolute atomic E-state index is 13.3. The minimum atomic E-state index is -3.66. The number of piperidine rings is 3. The first-order valence-electron chi connectivity index (χ1n) is 14.6. The molecule has 3 fully saturated rings. The van der Waals surface area contributed by atoms with E-state index in [4.69, 9.17) is 22.6 Å². The van der Waals surface area contributed by atoms with Crippen molar-refractivity contribution in [3.05, 3.63) is 41.2 Å². The monoisotopic (exact) mass is 401 g/mol. The Morgan fingerprint density at radius 2 is 2.33 bits per heavy atom. The summed E-state index contributed by atoms with van der Waals surface area (Å²) >= 11 is 1.01. The van der Waals surface area contributed by atoms with E-state index in [1.165, 1.54) is 29.6 Å². The first kappa shape index (κ1) is 8.70. The molecule has 4 heterocycles. The van der Waals surface area contributed by atoms with Gasteiger partial charge in [0.1, 0.15) is 16.9 Å². The lowest BCUT2D eigenvalue weighted by atomic mass is 9.85. The number of nitrogens with zero attached hydrogens (tertiary/aromatic N) is 2. The molecule has 6 heteroatoms. The third-order valence-electron chi connectivity index (χ3n) is 4.07. The van der Waals surface area contributed by atoms with Crippen molar-refractivity contribution < 1.29 is 31.7 Å². The van der Waals surface area contributed by atoms with Gasteiger partial charge in [0, 0.05) is 39.3 Å². The second-order valence-corrected chi connectivity index (χ2v) is 7.20. The highest BCUT2D eigenvalue weighted by atomic mass is 32.1. The fourth-order valence-electron chi connectivity index (χ4n) is 2.60. The molecule has 2 aromatic rings. The summed E-state index contributed by atoms with van der Waals surface area (Å²) in [4.78, 5) is 17.7. The van der Waals surface area contributed by atoms with Crippen LogP contribution in [0.1, 0.15) is 56.5 Å². The third-order valence-corrected chi connectivity index (χ3v) is 4.96. The van der Waals surface area contributed by atoms with Gasteiger partial charge in [-0.2, -0.15) is 0 Å². The topological polar surface area (TPSA) is 42.4 Å². The number of esters is 1. The maximum Gasteiger partial charge on any atom is 0.307 e. The van der Waals surface area contributed by atoms with Crippen molar-refractivity contribution >= 4 is 17.3 Å². The smallest absolute Gasteiger partial charge is 0.307 e. The summed E-state index contributed by atoms with van der Waals surface area (Å²) in [7, 11) is 0. The fraction of sp³-hybridized carbons (Fsp3) is 0.524. The molecule has 4 nitrogen and oxygen atoms in total. The van der Waals surface area contributed by atoms with E-state index >= 15 is 0 Å². The summed E-state index contributed by atoms with van der Waals surface area (Å²) < 4.78 is 126. The average molecular weight is 402 g/mol. The number of hydrogen-bond donors (Lipinski definition) is 0. The molecule has 144 valence electrons. The molecule has 3 aliphatic heterocycles. The van der Waals surface area contributed by atoms with E-state index in [1.54, 1.807) is 0 Å². The Balaban J connectivity index is 1.73. The van der Waals surface area contributed by atoms with Gasteiger partial charge in [-0.15, -0.1) is 11.3 Å². The molecule has 0 N–H and O–H groups in total. The number of aromatic nitrogens is 1.